The molecule has 2 saturated heterocycles. The average molecular weight is 584 g/mol. The number of aromatic nitrogens is 3. The number of primary amides is 1. The van der Waals surface area contributed by atoms with Crippen molar-refractivity contribution in [3.05, 3.63) is 40.5 Å². The smallest absolute Gasteiger partial charge is 0.244 e. The minimum atomic E-state index is -0.568. The van der Waals surface area contributed by atoms with Crippen LogP contribution in [0.3, 0.4) is 0 Å². The summed E-state index contributed by atoms with van der Waals surface area (Å²) in [5.74, 6) is 1.23. The van der Waals surface area contributed by atoms with Crippen LogP contribution in [0.1, 0.15) is 6.92 Å². The van der Waals surface area contributed by atoms with E-state index in [1.165, 1.54) is 14.2 Å². The van der Waals surface area contributed by atoms with Crippen LogP contribution in [0.5, 0.6) is 11.5 Å². The van der Waals surface area contributed by atoms with E-state index in [0.29, 0.717) is 71.5 Å². The maximum Gasteiger partial charge on any atom is 0.244 e. The van der Waals surface area contributed by atoms with Crippen molar-refractivity contribution >= 4 is 51.6 Å². The minimum Gasteiger partial charge on any atom is -0.495 e. The van der Waals surface area contributed by atoms with Gasteiger partial charge >= 0.3 is 0 Å². The van der Waals surface area contributed by atoms with E-state index < -0.39 is 11.3 Å². The molecule has 2 aliphatic rings. The van der Waals surface area contributed by atoms with Crippen LogP contribution in [-0.2, 0) is 9.53 Å². The number of benzene rings is 1. The summed E-state index contributed by atoms with van der Waals surface area (Å²) in [6, 6.07) is 5.53. The van der Waals surface area contributed by atoms with Crippen molar-refractivity contribution in [2.45, 2.75) is 13.0 Å². The van der Waals surface area contributed by atoms with Gasteiger partial charge in [0, 0.05) is 36.0 Å². The number of nitrogens with two attached hydrogens (primary N) is 1. The molecule has 0 saturated carbocycles. The number of nitrogens with zero attached hydrogens (tertiary/aromatic N) is 5. The highest BCUT2D eigenvalue weighted by molar-refractivity contribution is 6.41. The first-order valence-corrected chi connectivity index (χ1v) is 13.1. The van der Waals surface area contributed by atoms with Gasteiger partial charge in [-0.1, -0.05) is 29.8 Å². The van der Waals surface area contributed by atoms with Crippen molar-refractivity contribution in [2.24, 2.45) is 17.1 Å². The van der Waals surface area contributed by atoms with Crippen LogP contribution >= 0.6 is 23.2 Å². The number of hydrogen-bond donors (Lipinski definition) is 2. The third kappa shape index (κ3) is 4.83. The number of halogens is 2. The molecule has 5 rings (SSSR count). The first-order valence-electron chi connectivity index (χ1n) is 12.4. The van der Waals surface area contributed by atoms with Gasteiger partial charge in [0.05, 0.1) is 72.3 Å². The fraction of sp³-hybridized carbons (Fsp3) is 0.370. The quantitative estimate of drug-likeness (QED) is 0.374. The lowest BCUT2D eigenvalue weighted by Gasteiger charge is -2.44. The van der Waals surface area contributed by atoms with E-state index in [0.717, 1.165) is 0 Å². The van der Waals surface area contributed by atoms with E-state index in [-0.39, 0.29) is 27.8 Å². The molecule has 0 aliphatic carbocycles. The highest BCUT2D eigenvalue weighted by Gasteiger charge is 2.41. The zero-order chi connectivity index (χ0) is 28.8. The third-order valence-electron chi connectivity index (χ3n) is 7.19. The monoisotopic (exact) mass is 583 g/mol. The molecule has 40 heavy (non-hydrogen) atoms. The number of methoxy groups -OCH3 is 2. The molecular formula is C27H27Cl2N7O4. The van der Waals surface area contributed by atoms with Gasteiger partial charge in [-0.25, -0.2) is 15.0 Å². The fourth-order valence-corrected chi connectivity index (χ4v) is 5.63. The summed E-state index contributed by atoms with van der Waals surface area (Å²) in [4.78, 5) is 27.9. The van der Waals surface area contributed by atoms with Gasteiger partial charge < -0.3 is 30.2 Å². The molecule has 0 spiro atoms. The normalized spacial score (nSPS) is 19.6. The molecule has 3 N–H and O–H groups in total. The van der Waals surface area contributed by atoms with Crippen LogP contribution in [0.2, 0.25) is 10.0 Å². The summed E-state index contributed by atoms with van der Waals surface area (Å²) in [5, 5.41) is 14.1. The number of fused-ring (bicyclic) bond motifs is 1. The van der Waals surface area contributed by atoms with E-state index in [1.807, 2.05) is 17.9 Å². The highest BCUT2D eigenvalue weighted by Crippen LogP contribution is 2.46. The Bertz CT molecular complexity index is 1540. The Morgan fingerprint density at radius 3 is 2.50 bits per heavy atom. The minimum absolute atomic E-state index is 0.234. The zero-order valence-electron chi connectivity index (χ0n) is 22.1. The second-order valence-corrected chi connectivity index (χ2v) is 10.8. The Morgan fingerprint density at radius 2 is 1.90 bits per heavy atom. The number of rotatable bonds is 8. The Morgan fingerprint density at radius 1 is 1.23 bits per heavy atom. The molecule has 1 amide bonds. The number of pyridine rings is 1. The molecule has 0 radical (unpaired) electrons. The van der Waals surface area contributed by atoms with Crippen molar-refractivity contribution in [1.82, 2.24) is 15.0 Å². The number of ether oxygens (including phenoxy) is 3. The molecular weight excluding hydrogens is 557 g/mol. The van der Waals surface area contributed by atoms with Gasteiger partial charge in [0.1, 0.15) is 23.1 Å². The van der Waals surface area contributed by atoms with E-state index >= 15 is 0 Å². The Balaban J connectivity index is 1.61. The van der Waals surface area contributed by atoms with Gasteiger partial charge in [0.15, 0.2) is 5.82 Å². The molecule has 1 aromatic carbocycles. The van der Waals surface area contributed by atoms with Gasteiger partial charge in [-0.15, -0.1) is 0 Å². The first-order chi connectivity index (χ1) is 19.1. The Hall–Kier alpha value is -3.85. The lowest BCUT2D eigenvalue weighted by Crippen LogP contribution is -2.54. The summed E-state index contributed by atoms with van der Waals surface area (Å²) >= 11 is 13.4. The van der Waals surface area contributed by atoms with Crippen molar-refractivity contribution in [3.8, 4) is 29.0 Å². The zero-order valence-corrected chi connectivity index (χ0v) is 23.6. The first kappa shape index (κ1) is 27.7. The number of anilines is 2. The van der Waals surface area contributed by atoms with Crippen LogP contribution in [-0.4, -0.2) is 67.4 Å². The van der Waals surface area contributed by atoms with Crippen LogP contribution in [0.15, 0.2) is 30.5 Å². The van der Waals surface area contributed by atoms with E-state index in [2.05, 4.69) is 22.9 Å². The van der Waals surface area contributed by atoms with Crippen molar-refractivity contribution in [1.29, 1.82) is 5.26 Å². The van der Waals surface area contributed by atoms with Crippen molar-refractivity contribution < 1.29 is 19.0 Å². The molecule has 3 aromatic rings. The maximum atomic E-state index is 11.7. The number of carbonyl (C=O) groups excluding carboxylic acids is 1. The predicted molar refractivity (Wildman–Crippen MR) is 152 cm³/mol. The molecule has 2 aliphatic heterocycles. The van der Waals surface area contributed by atoms with Gasteiger partial charge in [0.2, 0.25) is 5.91 Å². The summed E-state index contributed by atoms with van der Waals surface area (Å²) in [7, 11) is 2.98. The second kappa shape index (κ2) is 10.6. The Kier molecular flexibility index (Phi) is 7.35. The van der Waals surface area contributed by atoms with Crippen molar-refractivity contribution in [2.75, 3.05) is 50.7 Å². The van der Waals surface area contributed by atoms with Crippen LogP contribution < -0.4 is 25.4 Å². The van der Waals surface area contributed by atoms with Crippen LogP contribution in [0, 0.1) is 22.7 Å². The van der Waals surface area contributed by atoms with E-state index in [4.69, 9.17) is 53.1 Å². The van der Waals surface area contributed by atoms with Crippen LogP contribution in [0.25, 0.3) is 22.3 Å². The van der Waals surface area contributed by atoms with E-state index in [1.54, 1.807) is 12.3 Å². The molecule has 4 heterocycles. The third-order valence-corrected chi connectivity index (χ3v) is 7.94. The summed E-state index contributed by atoms with van der Waals surface area (Å²) < 4.78 is 16.4. The van der Waals surface area contributed by atoms with Crippen LogP contribution in [0.4, 0.5) is 11.6 Å². The predicted octanol–water partition coefficient (Wildman–Crippen LogP) is 3.83. The molecule has 0 bridgehead atoms. The van der Waals surface area contributed by atoms with Gasteiger partial charge in [-0.3, -0.25) is 4.79 Å². The molecule has 208 valence electrons. The van der Waals surface area contributed by atoms with Gasteiger partial charge in [-0.2, -0.15) is 5.26 Å². The maximum absolute atomic E-state index is 11.7. The molecule has 0 unspecified atom stereocenters. The largest absolute Gasteiger partial charge is 0.495 e. The SMILES string of the molecule is C=C(C(N)=O)[C@H]1COC[C@H]1Nc1cc2c(N3CC(C)(C#N)C3)nc(-c3c(Cl)c(OC)cc(OC)c3Cl)nc2cn1. The second-order valence-electron chi connectivity index (χ2n) is 10.1. The molecule has 2 aromatic heterocycles. The summed E-state index contributed by atoms with van der Waals surface area (Å²) in [5.41, 5.74) is 6.13. The summed E-state index contributed by atoms with van der Waals surface area (Å²) in [6.45, 7) is 7.36. The molecule has 13 heteroatoms. The van der Waals surface area contributed by atoms with Gasteiger partial charge in [0.25, 0.3) is 0 Å². The fourth-order valence-electron chi connectivity index (χ4n) is 4.96. The number of carbonyl (C=O) groups is 1. The number of nitrogens with one attached hydrogen (secondary N) is 1. The van der Waals surface area contributed by atoms with E-state index in [9.17, 15) is 10.1 Å². The molecule has 2 atom stereocenters. The van der Waals surface area contributed by atoms with Gasteiger partial charge in [-0.05, 0) is 13.0 Å². The number of nitriles is 1. The number of amides is 1. The molecule has 11 nitrogen and oxygen atoms in total. The van der Waals surface area contributed by atoms with Crippen molar-refractivity contribution in [3.63, 3.8) is 0 Å². The Labute approximate surface area is 240 Å². The number of hydrogen-bond acceptors (Lipinski definition) is 10. The lowest BCUT2D eigenvalue weighted by atomic mass is 9.83. The molecule has 2 fully saturated rings. The standard InChI is InChI=1S/C27H27Cl2N7O4/c1-13(24(31)37)15-8-40-9-17(15)33-20-5-14-16(7-32-20)34-25(35-26(14)36-11-27(2,10-30)12-36)21-22(28)18(38-3)6-19(39-4)23(21)29/h5-7,15,17H,1,8-9,11-12H2,2-4H3,(H2,31,37)(H,32,33)/t15-,17-/m1/s1. The lowest BCUT2D eigenvalue weighted by molar-refractivity contribution is -0.115. The highest BCUT2D eigenvalue weighted by atomic mass is 35.5. The average Bonchev–Trinajstić information content (AvgIpc) is 3.38. The topological polar surface area (TPSA) is 149 Å². The summed E-state index contributed by atoms with van der Waals surface area (Å²) in [6.07, 6.45) is 1.61.